The Morgan fingerprint density at radius 1 is 1.03 bits per heavy atom. The largest absolute Gasteiger partial charge is 0.484 e. The molecule has 1 aromatic carbocycles. The molecule has 0 atom stereocenters. The molecule has 0 fully saturated rings. The van der Waals surface area contributed by atoms with Crippen LogP contribution in [0, 0.1) is 0 Å². The van der Waals surface area contributed by atoms with Crippen LogP contribution >= 0.6 is 0 Å². The van der Waals surface area contributed by atoms with E-state index in [9.17, 15) is 18.0 Å². The molecule has 0 radical (unpaired) electrons. The molecule has 0 bridgehead atoms. The van der Waals surface area contributed by atoms with Crippen molar-refractivity contribution < 1.29 is 27.4 Å². The number of hydrogen-bond donors (Lipinski definition) is 3. The van der Waals surface area contributed by atoms with E-state index >= 15 is 0 Å². The second kappa shape index (κ2) is 11.4. The smallest absolute Gasteiger partial charge is 0.422 e. The average Bonchev–Trinajstić information content (AvgIpc) is 2.61. The highest BCUT2D eigenvalue weighted by Gasteiger charge is 2.28. The summed E-state index contributed by atoms with van der Waals surface area (Å²) >= 11 is 0. The van der Waals surface area contributed by atoms with Crippen molar-refractivity contribution in [1.29, 1.82) is 0 Å². The maximum absolute atomic E-state index is 12.1. The van der Waals surface area contributed by atoms with E-state index in [1.165, 1.54) is 12.1 Å². The Labute approximate surface area is 169 Å². The molecule has 0 aliphatic rings. The highest BCUT2D eigenvalue weighted by Crippen LogP contribution is 2.18. The molecule has 29 heavy (non-hydrogen) atoms. The molecule has 10 heteroatoms. The normalized spacial score (nSPS) is 12.3. The Bertz CT molecular complexity index is 656. The lowest BCUT2D eigenvalue weighted by molar-refractivity contribution is -0.153. The van der Waals surface area contributed by atoms with Crippen LogP contribution in [0.3, 0.4) is 0 Å². The molecular weight excluding hydrogens is 389 g/mol. The monoisotopic (exact) mass is 418 g/mol. The number of carbonyl (C=O) groups is 1. The van der Waals surface area contributed by atoms with Gasteiger partial charge in [-0.05, 0) is 44.9 Å². The summed E-state index contributed by atoms with van der Waals surface area (Å²) in [7, 11) is 1.63. The summed E-state index contributed by atoms with van der Waals surface area (Å²) < 4.78 is 46.2. The van der Waals surface area contributed by atoms with E-state index in [0.717, 1.165) is 5.56 Å². The quantitative estimate of drug-likeness (QED) is 0.343. The first kappa shape index (κ1) is 24.4. The van der Waals surface area contributed by atoms with Crippen LogP contribution in [0.2, 0.25) is 0 Å². The Balaban J connectivity index is 2.26. The molecule has 164 valence electrons. The van der Waals surface area contributed by atoms with Crippen LogP contribution in [0.5, 0.6) is 5.75 Å². The van der Waals surface area contributed by atoms with Crippen molar-refractivity contribution in [2.24, 2.45) is 4.99 Å². The second-order valence-corrected chi connectivity index (χ2v) is 7.18. The lowest BCUT2D eigenvalue weighted by Crippen LogP contribution is -2.39. The van der Waals surface area contributed by atoms with Crippen LogP contribution in [-0.2, 0) is 11.3 Å². The molecular formula is C19H29F3N4O3. The van der Waals surface area contributed by atoms with Crippen LogP contribution in [0.4, 0.5) is 18.0 Å². The number of guanidine groups is 1. The van der Waals surface area contributed by atoms with E-state index in [1.54, 1.807) is 40.0 Å². The van der Waals surface area contributed by atoms with Gasteiger partial charge in [0.05, 0.1) is 0 Å². The van der Waals surface area contributed by atoms with Crippen LogP contribution in [0.15, 0.2) is 29.3 Å². The van der Waals surface area contributed by atoms with Crippen molar-refractivity contribution in [2.45, 2.75) is 45.5 Å². The fourth-order valence-electron chi connectivity index (χ4n) is 2.07. The molecule has 0 saturated carbocycles. The molecule has 1 rings (SSSR count). The minimum absolute atomic E-state index is 0.158. The zero-order chi connectivity index (χ0) is 21.9. The molecule has 0 heterocycles. The number of nitrogens with one attached hydrogen (secondary N) is 3. The van der Waals surface area contributed by atoms with E-state index in [-0.39, 0.29) is 5.75 Å². The van der Waals surface area contributed by atoms with Gasteiger partial charge in [-0.3, -0.25) is 4.99 Å². The third-order valence-corrected chi connectivity index (χ3v) is 3.32. The third-order valence-electron chi connectivity index (χ3n) is 3.32. The zero-order valence-corrected chi connectivity index (χ0v) is 17.2. The van der Waals surface area contributed by atoms with Gasteiger partial charge in [-0.25, -0.2) is 4.79 Å². The summed E-state index contributed by atoms with van der Waals surface area (Å²) in [6, 6.07) is 6.33. The fourth-order valence-corrected chi connectivity index (χ4v) is 2.07. The van der Waals surface area contributed by atoms with E-state index < -0.39 is 24.5 Å². The topological polar surface area (TPSA) is 84.0 Å². The van der Waals surface area contributed by atoms with Crippen LogP contribution in [-0.4, -0.2) is 50.6 Å². The summed E-state index contributed by atoms with van der Waals surface area (Å²) in [5.41, 5.74) is 0.329. The van der Waals surface area contributed by atoms with Gasteiger partial charge in [-0.1, -0.05) is 12.1 Å². The first-order valence-corrected chi connectivity index (χ1v) is 9.18. The molecule has 0 saturated heterocycles. The number of alkyl halides is 3. The summed E-state index contributed by atoms with van der Waals surface area (Å²) in [6.07, 6.45) is -4.14. The Morgan fingerprint density at radius 3 is 2.21 bits per heavy atom. The number of ether oxygens (including phenoxy) is 2. The van der Waals surface area contributed by atoms with Crippen LogP contribution < -0.4 is 20.7 Å². The number of alkyl carbamates (subject to hydrolysis) is 1. The van der Waals surface area contributed by atoms with Crippen molar-refractivity contribution in [2.75, 3.05) is 26.7 Å². The van der Waals surface area contributed by atoms with Crippen molar-refractivity contribution in [1.82, 2.24) is 16.0 Å². The number of benzene rings is 1. The maximum atomic E-state index is 12.1. The fraction of sp³-hybridized carbons (Fsp3) is 0.579. The molecule has 0 spiro atoms. The van der Waals surface area contributed by atoms with Gasteiger partial charge >= 0.3 is 12.3 Å². The average molecular weight is 418 g/mol. The van der Waals surface area contributed by atoms with Gasteiger partial charge in [-0.2, -0.15) is 13.2 Å². The van der Waals surface area contributed by atoms with Gasteiger partial charge in [0, 0.05) is 26.7 Å². The molecule has 1 aromatic rings. The van der Waals surface area contributed by atoms with E-state index in [4.69, 9.17) is 4.74 Å². The van der Waals surface area contributed by atoms with Gasteiger partial charge in [-0.15, -0.1) is 0 Å². The maximum Gasteiger partial charge on any atom is 0.422 e. The van der Waals surface area contributed by atoms with Crippen molar-refractivity contribution in [3.63, 3.8) is 0 Å². The van der Waals surface area contributed by atoms with E-state index in [0.29, 0.717) is 32.0 Å². The van der Waals surface area contributed by atoms with E-state index in [1.807, 2.05) is 0 Å². The number of carbonyl (C=O) groups excluding carboxylic acids is 1. The predicted octanol–water partition coefficient (Wildman–Crippen LogP) is 3.21. The molecule has 0 aliphatic carbocycles. The van der Waals surface area contributed by atoms with Gasteiger partial charge in [0.15, 0.2) is 12.6 Å². The summed E-state index contributed by atoms with van der Waals surface area (Å²) in [5, 5.41) is 8.88. The number of rotatable bonds is 8. The highest BCUT2D eigenvalue weighted by atomic mass is 19.4. The van der Waals surface area contributed by atoms with Gasteiger partial charge in [0.2, 0.25) is 0 Å². The number of nitrogens with zero attached hydrogens (tertiary/aromatic N) is 1. The molecule has 1 amide bonds. The van der Waals surface area contributed by atoms with Gasteiger partial charge in [0.25, 0.3) is 0 Å². The van der Waals surface area contributed by atoms with Gasteiger partial charge in [0.1, 0.15) is 11.4 Å². The van der Waals surface area contributed by atoms with Gasteiger partial charge < -0.3 is 25.4 Å². The standard InChI is InChI=1S/C19H29F3N4O3/c1-18(2,3)29-17(27)25-11-5-10-24-16(23-4)26-12-14-6-8-15(9-7-14)28-13-19(20,21)22/h6-9H,5,10-13H2,1-4H3,(H,25,27)(H2,23,24,26). The minimum atomic E-state index is -4.36. The Hall–Kier alpha value is -2.65. The predicted molar refractivity (Wildman–Crippen MR) is 105 cm³/mol. The second-order valence-electron chi connectivity index (χ2n) is 7.18. The first-order valence-electron chi connectivity index (χ1n) is 9.18. The van der Waals surface area contributed by atoms with Crippen molar-refractivity contribution in [3.8, 4) is 5.75 Å². The van der Waals surface area contributed by atoms with E-state index in [2.05, 4.69) is 25.7 Å². The number of halogens is 3. The molecule has 0 aliphatic heterocycles. The summed E-state index contributed by atoms with van der Waals surface area (Å²) in [6.45, 7) is 5.56. The Morgan fingerprint density at radius 2 is 1.66 bits per heavy atom. The SMILES string of the molecule is CN=C(NCCCNC(=O)OC(C)(C)C)NCc1ccc(OCC(F)(F)F)cc1. The Kier molecular flexibility index (Phi) is 9.57. The lowest BCUT2D eigenvalue weighted by atomic mass is 10.2. The molecule has 3 N–H and O–H groups in total. The van der Waals surface area contributed by atoms with Crippen LogP contribution in [0.1, 0.15) is 32.8 Å². The van der Waals surface area contributed by atoms with Crippen molar-refractivity contribution >= 4 is 12.1 Å². The lowest BCUT2D eigenvalue weighted by Gasteiger charge is -2.19. The number of aliphatic imine (C=N–C) groups is 1. The zero-order valence-electron chi connectivity index (χ0n) is 17.2. The molecule has 0 unspecified atom stereocenters. The van der Waals surface area contributed by atoms with Crippen LogP contribution in [0.25, 0.3) is 0 Å². The number of amides is 1. The third kappa shape index (κ3) is 12.4. The molecule has 0 aromatic heterocycles. The summed E-state index contributed by atoms with van der Waals surface area (Å²) in [5.74, 6) is 0.728. The summed E-state index contributed by atoms with van der Waals surface area (Å²) in [4.78, 5) is 15.6. The molecule has 7 nitrogen and oxygen atoms in total. The minimum Gasteiger partial charge on any atom is -0.484 e. The van der Waals surface area contributed by atoms with Crippen molar-refractivity contribution in [3.05, 3.63) is 29.8 Å². The highest BCUT2D eigenvalue weighted by molar-refractivity contribution is 5.79. The first-order chi connectivity index (χ1) is 13.5. The number of hydrogen-bond acceptors (Lipinski definition) is 4.